The van der Waals surface area contributed by atoms with Gasteiger partial charge >= 0.3 is 0 Å². The number of likely N-dealkylation sites (tertiary alicyclic amines) is 1. The minimum Gasteiger partial charge on any atom is -0.378 e. The fourth-order valence-electron chi connectivity index (χ4n) is 3.15. The molecule has 2 saturated heterocycles. The molecule has 0 aromatic carbocycles. The molecule has 0 N–H and O–H groups in total. The Kier molecular flexibility index (Phi) is 4.55. The zero-order valence-corrected chi connectivity index (χ0v) is 12.6. The maximum Gasteiger partial charge on any atom is 0.227 e. The van der Waals surface area contributed by atoms with Gasteiger partial charge in [-0.15, -0.1) is 0 Å². The van der Waals surface area contributed by atoms with E-state index in [9.17, 15) is 4.79 Å². The maximum absolute atomic E-state index is 12.6. The van der Waals surface area contributed by atoms with Gasteiger partial charge in [0.2, 0.25) is 5.91 Å². The number of aromatic nitrogens is 1. The molecule has 6 heteroatoms. The van der Waals surface area contributed by atoms with E-state index in [1.807, 2.05) is 17.9 Å². The molecule has 0 aliphatic carbocycles. The molecule has 2 aliphatic rings. The van der Waals surface area contributed by atoms with Gasteiger partial charge in [0, 0.05) is 25.7 Å². The molecule has 0 radical (unpaired) electrons. The Balaban J connectivity index is 1.56. The Morgan fingerprint density at radius 1 is 1.38 bits per heavy atom. The predicted octanol–water partition coefficient (Wildman–Crippen LogP) is 1.05. The third kappa shape index (κ3) is 3.63. The molecule has 21 heavy (non-hydrogen) atoms. The average Bonchev–Trinajstić information content (AvgIpc) is 2.93. The third-order valence-corrected chi connectivity index (χ3v) is 4.23. The molecule has 1 aromatic rings. The summed E-state index contributed by atoms with van der Waals surface area (Å²) in [6.07, 6.45) is 2.05. The molecule has 2 fully saturated rings. The number of nitrogens with zero attached hydrogens (tertiary/aromatic N) is 3. The van der Waals surface area contributed by atoms with Crippen LogP contribution in [-0.2, 0) is 16.1 Å². The molecule has 2 aliphatic heterocycles. The van der Waals surface area contributed by atoms with Crippen molar-refractivity contribution < 1.29 is 14.1 Å². The summed E-state index contributed by atoms with van der Waals surface area (Å²) in [5.74, 6) is 1.28. The number of carbonyl (C=O) groups is 1. The lowest BCUT2D eigenvalue weighted by atomic mass is 9.96. The highest BCUT2D eigenvalue weighted by Crippen LogP contribution is 2.21. The summed E-state index contributed by atoms with van der Waals surface area (Å²) < 4.78 is 10.6. The van der Waals surface area contributed by atoms with E-state index >= 15 is 0 Å². The van der Waals surface area contributed by atoms with Gasteiger partial charge in [0.25, 0.3) is 0 Å². The van der Waals surface area contributed by atoms with Gasteiger partial charge in [0.05, 0.1) is 31.4 Å². The molecular weight excluding hydrogens is 270 g/mol. The molecule has 3 heterocycles. The van der Waals surface area contributed by atoms with Crippen LogP contribution in [0.3, 0.4) is 0 Å². The second kappa shape index (κ2) is 6.58. The van der Waals surface area contributed by atoms with Crippen LogP contribution in [0.25, 0.3) is 0 Å². The molecule has 1 atom stereocenters. The average molecular weight is 293 g/mol. The first-order valence-electron chi connectivity index (χ1n) is 7.73. The van der Waals surface area contributed by atoms with E-state index in [0.29, 0.717) is 13.2 Å². The minimum absolute atomic E-state index is 0.112. The van der Waals surface area contributed by atoms with E-state index in [1.165, 1.54) is 0 Å². The summed E-state index contributed by atoms with van der Waals surface area (Å²) in [5, 5.41) is 3.92. The molecule has 0 saturated carbocycles. The van der Waals surface area contributed by atoms with Crippen LogP contribution >= 0.6 is 0 Å². The molecule has 6 nitrogen and oxygen atoms in total. The highest BCUT2D eigenvalue weighted by atomic mass is 16.5. The second-order valence-corrected chi connectivity index (χ2v) is 5.95. The molecule has 1 aromatic heterocycles. The molecule has 116 valence electrons. The molecule has 0 bridgehead atoms. The highest BCUT2D eigenvalue weighted by molar-refractivity contribution is 5.79. The van der Waals surface area contributed by atoms with Gasteiger partial charge in [-0.25, -0.2) is 0 Å². The monoisotopic (exact) mass is 293 g/mol. The largest absolute Gasteiger partial charge is 0.378 e. The Morgan fingerprint density at radius 3 is 2.90 bits per heavy atom. The Morgan fingerprint density at radius 2 is 2.19 bits per heavy atom. The molecule has 0 unspecified atom stereocenters. The lowest BCUT2D eigenvalue weighted by Gasteiger charge is -2.35. The van der Waals surface area contributed by atoms with Crippen molar-refractivity contribution in [3.63, 3.8) is 0 Å². The van der Waals surface area contributed by atoms with Gasteiger partial charge < -0.3 is 14.2 Å². The highest BCUT2D eigenvalue weighted by Gasteiger charge is 2.30. The van der Waals surface area contributed by atoms with Gasteiger partial charge in [-0.2, -0.15) is 0 Å². The van der Waals surface area contributed by atoms with Gasteiger partial charge in [0.15, 0.2) is 5.76 Å². The number of aryl methyl sites for hydroxylation is 1. The van der Waals surface area contributed by atoms with E-state index in [2.05, 4.69) is 10.1 Å². The van der Waals surface area contributed by atoms with Gasteiger partial charge in [-0.1, -0.05) is 5.16 Å². The fourth-order valence-corrected chi connectivity index (χ4v) is 3.15. The van der Waals surface area contributed by atoms with E-state index < -0.39 is 0 Å². The van der Waals surface area contributed by atoms with Crippen molar-refractivity contribution in [3.05, 3.63) is 17.5 Å². The first kappa shape index (κ1) is 14.5. The maximum atomic E-state index is 12.6. The minimum atomic E-state index is 0.112. The van der Waals surface area contributed by atoms with E-state index in [0.717, 1.165) is 57.0 Å². The number of rotatable bonds is 3. The van der Waals surface area contributed by atoms with Crippen molar-refractivity contribution in [2.24, 2.45) is 5.92 Å². The first-order valence-corrected chi connectivity index (χ1v) is 7.73. The van der Waals surface area contributed by atoms with Crippen molar-refractivity contribution >= 4 is 5.91 Å². The number of carbonyl (C=O) groups excluding carboxylic acids is 1. The summed E-state index contributed by atoms with van der Waals surface area (Å²) in [4.78, 5) is 16.8. The number of hydrogen-bond donors (Lipinski definition) is 0. The summed E-state index contributed by atoms with van der Waals surface area (Å²) in [6.45, 7) is 7.30. The summed E-state index contributed by atoms with van der Waals surface area (Å²) >= 11 is 0. The lowest BCUT2D eigenvalue weighted by molar-refractivity contribution is -0.141. The summed E-state index contributed by atoms with van der Waals surface area (Å²) in [5.41, 5.74) is 0.906. The Bertz CT molecular complexity index is 482. The Labute approximate surface area is 125 Å². The topological polar surface area (TPSA) is 58.8 Å². The van der Waals surface area contributed by atoms with Crippen molar-refractivity contribution in [1.29, 1.82) is 0 Å². The molecule has 0 spiro atoms. The first-order chi connectivity index (χ1) is 10.2. The molecular formula is C15H23N3O3. The van der Waals surface area contributed by atoms with E-state index in [-0.39, 0.29) is 11.8 Å². The zero-order valence-electron chi connectivity index (χ0n) is 12.6. The molecule has 3 rings (SSSR count). The van der Waals surface area contributed by atoms with Crippen LogP contribution in [-0.4, -0.2) is 60.3 Å². The standard InChI is InChI=1S/C15H23N3O3/c1-12-9-14(21-16-12)11-17-4-2-3-13(10-17)15(19)18-5-7-20-8-6-18/h9,13H,2-8,10-11H2,1H3/t13-/m1/s1. The van der Waals surface area contributed by atoms with Crippen LogP contribution in [0.1, 0.15) is 24.3 Å². The van der Waals surface area contributed by atoms with Crippen molar-refractivity contribution in [2.45, 2.75) is 26.3 Å². The van der Waals surface area contributed by atoms with Crippen LogP contribution in [0.2, 0.25) is 0 Å². The van der Waals surface area contributed by atoms with Crippen LogP contribution in [0, 0.1) is 12.8 Å². The van der Waals surface area contributed by atoms with E-state index in [4.69, 9.17) is 9.26 Å². The molecule has 1 amide bonds. The van der Waals surface area contributed by atoms with Gasteiger partial charge in [0.1, 0.15) is 0 Å². The number of ether oxygens (including phenoxy) is 1. The fraction of sp³-hybridized carbons (Fsp3) is 0.733. The Hall–Kier alpha value is -1.40. The summed E-state index contributed by atoms with van der Waals surface area (Å²) in [6, 6.07) is 1.97. The number of hydrogen-bond acceptors (Lipinski definition) is 5. The SMILES string of the molecule is Cc1cc(CN2CCC[C@@H](C(=O)N3CCOCC3)C2)on1. The predicted molar refractivity (Wildman–Crippen MR) is 76.6 cm³/mol. The second-order valence-electron chi connectivity index (χ2n) is 5.95. The summed E-state index contributed by atoms with van der Waals surface area (Å²) in [7, 11) is 0. The van der Waals surface area contributed by atoms with Crippen molar-refractivity contribution in [1.82, 2.24) is 15.0 Å². The number of piperidine rings is 1. The van der Waals surface area contributed by atoms with Gasteiger partial charge in [-0.05, 0) is 26.3 Å². The zero-order chi connectivity index (χ0) is 14.7. The van der Waals surface area contributed by atoms with E-state index in [1.54, 1.807) is 0 Å². The quantitative estimate of drug-likeness (QED) is 0.834. The van der Waals surface area contributed by atoms with Crippen LogP contribution in [0.5, 0.6) is 0 Å². The number of morpholine rings is 1. The van der Waals surface area contributed by atoms with Gasteiger partial charge in [-0.3, -0.25) is 9.69 Å². The smallest absolute Gasteiger partial charge is 0.227 e. The van der Waals surface area contributed by atoms with Crippen LogP contribution in [0.4, 0.5) is 0 Å². The van der Waals surface area contributed by atoms with Crippen molar-refractivity contribution in [3.8, 4) is 0 Å². The van der Waals surface area contributed by atoms with Crippen LogP contribution in [0.15, 0.2) is 10.6 Å². The normalized spacial score (nSPS) is 24.2. The third-order valence-electron chi connectivity index (χ3n) is 4.23. The van der Waals surface area contributed by atoms with Crippen LogP contribution < -0.4 is 0 Å². The van der Waals surface area contributed by atoms with Crippen molar-refractivity contribution in [2.75, 3.05) is 39.4 Å². The lowest BCUT2D eigenvalue weighted by Crippen LogP contribution is -2.48. The number of amides is 1.